The van der Waals surface area contributed by atoms with Crippen LogP contribution in [0, 0.1) is 5.92 Å². The number of carbonyl (C=O) groups excluding carboxylic acids is 1. The Balaban J connectivity index is 2.24. The van der Waals surface area contributed by atoms with E-state index in [-0.39, 0.29) is 23.7 Å². The molecular formula is C21H33NO6S. The van der Waals surface area contributed by atoms with Crippen LogP contribution in [0.1, 0.15) is 52.5 Å². The quantitative estimate of drug-likeness (QED) is 0.533. The van der Waals surface area contributed by atoms with Crippen molar-refractivity contribution in [2.45, 2.75) is 64.9 Å². The zero-order valence-corrected chi connectivity index (χ0v) is 18.8. The molecule has 0 N–H and O–H groups in total. The van der Waals surface area contributed by atoms with Gasteiger partial charge < -0.3 is 18.6 Å². The van der Waals surface area contributed by atoms with E-state index in [1.54, 1.807) is 30.9 Å². The van der Waals surface area contributed by atoms with Crippen LogP contribution >= 0.6 is 0 Å². The lowest BCUT2D eigenvalue weighted by molar-refractivity contribution is -0.134. The fraction of sp³-hybridized carbons (Fsp3) is 0.667. The van der Waals surface area contributed by atoms with E-state index in [1.807, 2.05) is 19.9 Å². The van der Waals surface area contributed by atoms with E-state index in [4.69, 9.17) is 13.7 Å². The number of carbonyl (C=O) groups is 1. The molecule has 1 aromatic rings. The average Bonchev–Trinajstić information content (AvgIpc) is 3.13. The van der Waals surface area contributed by atoms with Gasteiger partial charge in [0.15, 0.2) is 11.5 Å². The van der Waals surface area contributed by atoms with Crippen molar-refractivity contribution >= 4 is 16.0 Å². The average molecular weight is 428 g/mol. The molecule has 0 radical (unpaired) electrons. The fourth-order valence-corrected chi connectivity index (χ4v) is 3.67. The van der Waals surface area contributed by atoms with Gasteiger partial charge in [0, 0.05) is 26.1 Å². The molecule has 29 heavy (non-hydrogen) atoms. The van der Waals surface area contributed by atoms with Crippen molar-refractivity contribution in [1.29, 1.82) is 0 Å². The number of hydrogen-bond donors (Lipinski definition) is 0. The van der Waals surface area contributed by atoms with Crippen LogP contribution in [0.25, 0.3) is 0 Å². The van der Waals surface area contributed by atoms with E-state index in [0.717, 1.165) is 25.0 Å². The topological polar surface area (TPSA) is 82.1 Å². The largest absolute Gasteiger partial charge is 0.493 e. The van der Waals surface area contributed by atoms with Crippen molar-refractivity contribution in [3.63, 3.8) is 0 Å². The van der Waals surface area contributed by atoms with Crippen molar-refractivity contribution in [2.24, 2.45) is 5.92 Å². The lowest BCUT2D eigenvalue weighted by Crippen LogP contribution is -2.37. The third-order valence-corrected chi connectivity index (χ3v) is 6.33. The molecule has 1 heterocycles. The number of ether oxygens (including phenoxy) is 2. The first kappa shape index (κ1) is 23.5. The summed E-state index contributed by atoms with van der Waals surface area (Å²) in [5, 5.41) is -0.681. The zero-order valence-electron chi connectivity index (χ0n) is 18.0. The van der Waals surface area contributed by atoms with E-state index in [9.17, 15) is 13.2 Å². The van der Waals surface area contributed by atoms with Gasteiger partial charge in [0.2, 0.25) is 5.91 Å². The van der Waals surface area contributed by atoms with Gasteiger partial charge in [-0.2, -0.15) is 8.42 Å². The minimum absolute atomic E-state index is 0.0430. The molecule has 1 aliphatic heterocycles. The molecule has 0 unspecified atom stereocenters. The molecule has 8 heteroatoms. The molecule has 0 saturated carbocycles. The number of methoxy groups -OCH3 is 1. The molecule has 0 aliphatic carbocycles. The Kier molecular flexibility index (Phi) is 8.34. The van der Waals surface area contributed by atoms with Crippen molar-refractivity contribution < 1.29 is 26.9 Å². The summed E-state index contributed by atoms with van der Waals surface area (Å²) < 4.78 is 40.6. The molecule has 7 nitrogen and oxygen atoms in total. The van der Waals surface area contributed by atoms with Crippen LogP contribution in [-0.2, 0) is 26.2 Å². The van der Waals surface area contributed by atoms with Crippen LogP contribution < -0.4 is 8.92 Å². The van der Waals surface area contributed by atoms with Gasteiger partial charge in [-0.15, -0.1) is 0 Å². The Bertz CT molecular complexity index is 784. The summed E-state index contributed by atoms with van der Waals surface area (Å²) in [6, 6.07) is 5.11. The molecular weight excluding hydrogens is 394 g/mol. The maximum atomic E-state index is 12.8. The van der Waals surface area contributed by atoms with Crippen molar-refractivity contribution in [3.05, 3.63) is 23.8 Å². The lowest BCUT2D eigenvalue weighted by atomic mass is 10.1. The van der Waals surface area contributed by atoms with E-state index in [2.05, 4.69) is 0 Å². The van der Waals surface area contributed by atoms with Crippen LogP contribution in [0.3, 0.4) is 0 Å². The van der Waals surface area contributed by atoms with Gasteiger partial charge in [0.1, 0.15) is 0 Å². The zero-order chi connectivity index (χ0) is 21.6. The van der Waals surface area contributed by atoms with Crippen LogP contribution in [0.15, 0.2) is 18.2 Å². The predicted octanol–water partition coefficient (Wildman–Crippen LogP) is 3.37. The van der Waals surface area contributed by atoms with Gasteiger partial charge in [-0.25, -0.2) is 0 Å². The van der Waals surface area contributed by atoms with Crippen LogP contribution in [0.5, 0.6) is 11.5 Å². The predicted molar refractivity (Wildman–Crippen MR) is 112 cm³/mol. The van der Waals surface area contributed by atoms with Gasteiger partial charge in [-0.1, -0.05) is 19.9 Å². The second-order valence-corrected chi connectivity index (χ2v) is 10.2. The van der Waals surface area contributed by atoms with E-state index in [1.165, 1.54) is 7.11 Å². The van der Waals surface area contributed by atoms with Crippen LogP contribution in [0.2, 0.25) is 0 Å². The molecule has 164 valence electrons. The highest BCUT2D eigenvalue weighted by atomic mass is 32.2. The van der Waals surface area contributed by atoms with Crippen molar-refractivity contribution in [1.82, 2.24) is 4.90 Å². The van der Waals surface area contributed by atoms with Crippen molar-refractivity contribution in [3.8, 4) is 11.5 Å². The molecule has 1 saturated heterocycles. The molecule has 0 spiro atoms. The van der Waals surface area contributed by atoms with E-state index < -0.39 is 15.4 Å². The Morgan fingerprint density at radius 2 is 1.97 bits per heavy atom. The second-order valence-electron chi connectivity index (χ2n) is 8.12. The highest BCUT2D eigenvalue weighted by Crippen LogP contribution is 2.31. The van der Waals surface area contributed by atoms with Crippen LogP contribution in [0.4, 0.5) is 0 Å². The lowest BCUT2D eigenvalue weighted by Gasteiger charge is -2.27. The highest BCUT2D eigenvalue weighted by molar-refractivity contribution is 7.87. The van der Waals surface area contributed by atoms with Gasteiger partial charge in [0.05, 0.1) is 18.5 Å². The molecule has 0 aromatic heterocycles. The first-order valence-electron chi connectivity index (χ1n) is 10.1. The molecule has 1 aliphatic rings. The molecule has 1 atom stereocenters. The molecule has 1 amide bonds. The Labute approximate surface area is 174 Å². The first-order valence-corrected chi connectivity index (χ1v) is 11.6. The Morgan fingerprint density at radius 3 is 2.52 bits per heavy atom. The SMILES string of the molecule is COc1ccc(CN(C[C@H]2CCCO2)C(=O)CC(C)C)cc1OS(=O)(=O)C(C)C. The normalized spacial score (nSPS) is 17.0. The summed E-state index contributed by atoms with van der Waals surface area (Å²) >= 11 is 0. The van der Waals surface area contributed by atoms with Gasteiger partial charge in [-0.05, 0) is 50.3 Å². The summed E-state index contributed by atoms with van der Waals surface area (Å²) in [4.78, 5) is 14.6. The number of nitrogens with zero attached hydrogens (tertiary/aromatic N) is 1. The van der Waals surface area contributed by atoms with Crippen LogP contribution in [-0.4, -0.2) is 50.8 Å². The Morgan fingerprint density at radius 1 is 1.24 bits per heavy atom. The third kappa shape index (κ3) is 6.89. The highest BCUT2D eigenvalue weighted by Gasteiger charge is 2.25. The minimum atomic E-state index is -3.76. The second kappa shape index (κ2) is 10.3. The summed E-state index contributed by atoms with van der Waals surface area (Å²) in [5.74, 6) is 0.772. The smallest absolute Gasteiger partial charge is 0.311 e. The van der Waals surface area contributed by atoms with Crippen molar-refractivity contribution in [2.75, 3.05) is 20.3 Å². The molecule has 1 aromatic carbocycles. The molecule has 0 bridgehead atoms. The summed E-state index contributed by atoms with van der Waals surface area (Å²) in [6.07, 6.45) is 2.44. The van der Waals surface area contributed by atoms with Gasteiger partial charge >= 0.3 is 10.1 Å². The third-order valence-electron chi connectivity index (χ3n) is 4.77. The number of amides is 1. The fourth-order valence-electron chi connectivity index (χ4n) is 3.09. The van der Waals surface area contributed by atoms with Gasteiger partial charge in [0.25, 0.3) is 0 Å². The maximum Gasteiger partial charge on any atom is 0.311 e. The molecule has 1 fully saturated rings. The number of rotatable bonds is 10. The van der Waals surface area contributed by atoms with Gasteiger partial charge in [-0.3, -0.25) is 4.79 Å². The number of hydrogen-bond acceptors (Lipinski definition) is 6. The number of benzene rings is 1. The Hall–Kier alpha value is -1.80. The standard InChI is InChI=1S/C21H33NO6S/c1-15(2)11-21(23)22(14-18-7-6-10-27-18)13-17-8-9-19(26-5)20(12-17)28-29(24,25)16(3)4/h8-9,12,15-16,18H,6-7,10-11,13-14H2,1-5H3/t18-/m1/s1. The minimum Gasteiger partial charge on any atom is -0.493 e. The summed E-state index contributed by atoms with van der Waals surface area (Å²) in [5.41, 5.74) is 0.773. The summed E-state index contributed by atoms with van der Waals surface area (Å²) in [6.45, 7) is 8.74. The summed E-state index contributed by atoms with van der Waals surface area (Å²) in [7, 11) is -2.30. The maximum absolute atomic E-state index is 12.8. The monoisotopic (exact) mass is 427 g/mol. The first-order chi connectivity index (χ1) is 13.6. The van der Waals surface area contributed by atoms with E-state index >= 15 is 0 Å². The molecule has 2 rings (SSSR count). The van der Waals surface area contributed by atoms with E-state index in [0.29, 0.717) is 25.3 Å².